The van der Waals surface area contributed by atoms with Gasteiger partial charge in [0.25, 0.3) is 5.56 Å². The van der Waals surface area contributed by atoms with Gasteiger partial charge < -0.3 is 9.64 Å². The molecule has 0 radical (unpaired) electrons. The second-order valence-corrected chi connectivity index (χ2v) is 10.3. The maximum Gasteiger partial charge on any atom is 0.265 e. The number of thioether (sulfide) groups is 1. The Morgan fingerprint density at radius 3 is 2.42 bits per heavy atom. The van der Waals surface area contributed by atoms with E-state index in [0.717, 1.165) is 32.4 Å². The van der Waals surface area contributed by atoms with Crippen molar-refractivity contribution < 1.29 is 4.74 Å². The van der Waals surface area contributed by atoms with Crippen molar-refractivity contribution in [2.75, 3.05) is 17.9 Å². The molecule has 1 aliphatic rings. The number of aromatic nitrogens is 3. The molecule has 6 rings (SSSR count). The van der Waals surface area contributed by atoms with Gasteiger partial charge in [0, 0.05) is 16.1 Å². The Kier molecular flexibility index (Phi) is 5.17. The van der Waals surface area contributed by atoms with Gasteiger partial charge in [0.15, 0.2) is 10.8 Å². The number of ether oxygens (including phenoxy) is 1. The van der Waals surface area contributed by atoms with Crippen LogP contribution in [0.15, 0.2) is 75.3 Å². The van der Waals surface area contributed by atoms with E-state index in [1.165, 1.54) is 0 Å². The highest BCUT2D eigenvalue weighted by Gasteiger charge is 2.24. The first-order chi connectivity index (χ1) is 16.2. The van der Waals surface area contributed by atoms with Crippen molar-refractivity contribution in [3.05, 3.63) is 75.7 Å². The smallest absolute Gasteiger partial charge is 0.265 e. The highest BCUT2D eigenvalue weighted by atomic mass is 32.2. The molecule has 6 nitrogen and oxygen atoms in total. The van der Waals surface area contributed by atoms with Gasteiger partial charge in [-0.3, -0.25) is 9.36 Å². The molecule has 0 atom stereocenters. The summed E-state index contributed by atoms with van der Waals surface area (Å²) in [6, 6.07) is 18.0. The predicted octanol–water partition coefficient (Wildman–Crippen LogP) is 5.78. The summed E-state index contributed by atoms with van der Waals surface area (Å²) in [7, 11) is 1.65. The molecular weight excluding hydrogens is 472 g/mol. The van der Waals surface area contributed by atoms with E-state index in [1.807, 2.05) is 65.4 Å². The molecule has 1 aliphatic heterocycles. The zero-order valence-corrected chi connectivity index (χ0v) is 20.0. The molecule has 0 fully saturated rings. The predicted molar refractivity (Wildman–Crippen MR) is 137 cm³/mol. The standard InChI is InChI=1S/C24H18N4O2S3/c1-30-16-8-6-15(7-9-16)27-13-28-23(29)21-17(19-4-2-10-31-19)12-18(20-5-3-11-32-20)25-22(21)26-24(28)33-14-27/h2-12H,13-14H2,1H3. The van der Waals surface area contributed by atoms with Gasteiger partial charge >= 0.3 is 0 Å². The second-order valence-electron chi connectivity index (χ2n) is 7.49. The van der Waals surface area contributed by atoms with Crippen LogP contribution < -0.4 is 15.2 Å². The quantitative estimate of drug-likeness (QED) is 0.298. The molecule has 1 aromatic carbocycles. The minimum absolute atomic E-state index is 0.0608. The first kappa shape index (κ1) is 20.5. The van der Waals surface area contributed by atoms with Gasteiger partial charge in [-0.15, -0.1) is 22.7 Å². The molecule has 0 aliphatic carbocycles. The van der Waals surface area contributed by atoms with Gasteiger partial charge in [0.2, 0.25) is 0 Å². The zero-order valence-electron chi connectivity index (χ0n) is 17.6. The molecule has 0 saturated carbocycles. The van der Waals surface area contributed by atoms with Gasteiger partial charge in [-0.1, -0.05) is 23.9 Å². The third-order valence-corrected chi connectivity index (χ3v) is 8.36. The normalized spacial score (nSPS) is 13.3. The number of pyridine rings is 1. The summed E-state index contributed by atoms with van der Waals surface area (Å²) in [5.41, 5.74) is 3.21. The van der Waals surface area contributed by atoms with E-state index in [4.69, 9.17) is 14.7 Å². The molecule has 33 heavy (non-hydrogen) atoms. The average molecular weight is 491 g/mol. The van der Waals surface area contributed by atoms with Crippen LogP contribution in [0, 0.1) is 0 Å². The van der Waals surface area contributed by atoms with Crippen LogP contribution in [-0.2, 0) is 6.67 Å². The minimum Gasteiger partial charge on any atom is -0.497 e. The lowest BCUT2D eigenvalue weighted by Crippen LogP contribution is -2.37. The third kappa shape index (κ3) is 3.62. The molecule has 0 spiro atoms. The molecule has 4 aromatic heterocycles. The number of hydrogen-bond acceptors (Lipinski definition) is 8. The van der Waals surface area contributed by atoms with Crippen molar-refractivity contribution in [1.82, 2.24) is 14.5 Å². The van der Waals surface area contributed by atoms with E-state index in [9.17, 15) is 4.79 Å². The van der Waals surface area contributed by atoms with Crippen LogP contribution in [0.1, 0.15) is 0 Å². The highest BCUT2D eigenvalue weighted by molar-refractivity contribution is 7.99. The fraction of sp³-hybridized carbons (Fsp3) is 0.125. The molecule has 9 heteroatoms. The van der Waals surface area contributed by atoms with Crippen molar-refractivity contribution >= 4 is 51.2 Å². The van der Waals surface area contributed by atoms with E-state index >= 15 is 0 Å². The Morgan fingerprint density at radius 1 is 0.970 bits per heavy atom. The number of nitrogens with zero attached hydrogens (tertiary/aromatic N) is 4. The lowest BCUT2D eigenvalue weighted by Gasteiger charge is -2.30. The van der Waals surface area contributed by atoms with E-state index in [0.29, 0.717) is 28.7 Å². The number of thiophene rings is 2. The van der Waals surface area contributed by atoms with Crippen LogP contribution in [0.2, 0.25) is 0 Å². The Morgan fingerprint density at radius 2 is 1.73 bits per heavy atom. The summed E-state index contributed by atoms with van der Waals surface area (Å²) in [6.07, 6.45) is 0. The van der Waals surface area contributed by atoms with Gasteiger partial charge in [-0.05, 0) is 53.2 Å². The molecule has 5 aromatic rings. The van der Waals surface area contributed by atoms with E-state index < -0.39 is 0 Å². The van der Waals surface area contributed by atoms with Crippen molar-refractivity contribution in [3.63, 3.8) is 0 Å². The lowest BCUT2D eigenvalue weighted by molar-refractivity contribution is 0.414. The highest BCUT2D eigenvalue weighted by Crippen LogP contribution is 2.35. The number of fused-ring (bicyclic) bond motifs is 2. The molecule has 0 bridgehead atoms. The molecule has 0 saturated heterocycles. The van der Waals surface area contributed by atoms with E-state index in [1.54, 1.807) is 46.1 Å². The minimum atomic E-state index is -0.0608. The van der Waals surface area contributed by atoms with Crippen molar-refractivity contribution in [3.8, 4) is 26.8 Å². The number of rotatable bonds is 4. The second kappa shape index (κ2) is 8.33. The molecule has 5 heterocycles. The first-order valence-corrected chi connectivity index (χ1v) is 13.0. The summed E-state index contributed by atoms with van der Waals surface area (Å²) in [6.45, 7) is 0.437. The lowest BCUT2D eigenvalue weighted by atomic mass is 10.1. The summed E-state index contributed by atoms with van der Waals surface area (Å²) in [4.78, 5) is 27.7. The molecule has 0 unspecified atom stereocenters. The Hall–Kier alpha value is -3.14. The van der Waals surface area contributed by atoms with Crippen LogP contribution in [0.5, 0.6) is 5.75 Å². The topological polar surface area (TPSA) is 60.2 Å². The average Bonchev–Trinajstić information content (AvgIpc) is 3.58. The summed E-state index contributed by atoms with van der Waals surface area (Å²) >= 11 is 4.80. The first-order valence-electron chi connectivity index (χ1n) is 10.3. The van der Waals surface area contributed by atoms with Gasteiger partial charge in [0.1, 0.15) is 12.4 Å². The Balaban J connectivity index is 1.50. The number of methoxy groups -OCH3 is 1. The van der Waals surface area contributed by atoms with E-state index in [-0.39, 0.29) is 5.56 Å². The third-order valence-electron chi connectivity index (χ3n) is 5.55. The summed E-state index contributed by atoms with van der Waals surface area (Å²) in [5, 5.41) is 5.32. The van der Waals surface area contributed by atoms with Crippen LogP contribution in [0.3, 0.4) is 0 Å². The zero-order chi connectivity index (χ0) is 22.4. The summed E-state index contributed by atoms with van der Waals surface area (Å²) < 4.78 is 7.03. The largest absolute Gasteiger partial charge is 0.497 e. The van der Waals surface area contributed by atoms with Crippen LogP contribution in [0.25, 0.3) is 32.0 Å². The molecule has 0 amide bonds. The van der Waals surface area contributed by atoms with Gasteiger partial charge in [-0.2, -0.15) is 0 Å². The van der Waals surface area contributed by atoms with Crippen LogP contribution in [0.4, 0.5) is 5.69 Å². The maximum atomic E-state index is 13.8. The molecule has 164 valence electrons. The van der Waals surface area contributed by atoms with Crippen LogP contribution >= 0.6 is 34.4 Å². The SMILES string of the molecule is COc1ccc(N2CSc3nc4nc(-c5cccs5)cc(-c5cccs5)c4c(=O)n3C2)cc1. The number of anilines is 1. The molecular formula is C24H18N4O2S3. The van der Waals surface area contributed by atoms with Crippen molar-refractivity contribution in [2.45, 2.75) is 11.8 Å². The Bertz CT molecular complexity index is 1490. The van der Waals surface area contributed by atoms with Crippen molar-refractivity contribution in [2.24, 2.45) is 0 Å². The van der Waals surface area contributed by atoms with Crippen molar-refractivity contribution in [1.29, 1.82) is 0 Å². The van der Waals surface area contributed by atoms with Gasteiger partial charge in [0.05, 0.1) is 28.9 Å². The van der Waals surface area contributed by atoms with E-state index in [2.05, 4.69) is 4.90 Å². The maximum absolute atomic E-state index is 13.8. The van der Waals surface area contributed by atoms with Gasteiger partial charge in [-0.25, -0.2) is 9.97 Å². The fourth-order valence-electron chi connectivity index (χ4n) is 3.90. The van der Waals surface area contributed by atoms with Crippen LogP contribution in [-0.4, -0.2) is 27.5 Å². The number of hydrogen-bond donors (Lipinski definition) is 0. The number of benzene rings is 1. The Labute approximate surface area is 202 Å². The monoisotopic (exact) mass is 490 g/mol. The molecule has 0 N–H and O–H groups in total. The fourth-order valence-corrected chi connectivity index (χ4v) is 6.29. The summed E-state index contributed by atoms with van der Waals surface area (Å²) in [5.74, 6) is 1.51.